The molecule has 0 fully saturated rings. The van der Waals surface area contributed by atoms with E-state index in [0.717, 1.165) is 41.0 Å². The Morgan fingerprint density at radius 1 is 1.27 bits per heavy atom. The number of rotatable bonds is 6. The van der Waals surface area contributed by atoms with E-state index in [0.29, 0.717) is 6.54 Å². The number of aliphatic imine (C=N–C) groups is 1. The van der Waals surface area contributed by atoms with Crippen LogP contribution in [0.3, 0.4) is 0 Å². The van der Waals surface area contributed by atoms with Gasteiger partial charge in [-0.2, -0.15) is 0 Å². The second-order valence-electron chi connectivity index (χ2n) is 5.84. The summed E-state index contributed by atoms with van der Waals surface area (Å²) in [7, 11) is 1.77. The maximum Gasteiger partial charge on any atom is 0.191 e. The standard InChI is InChI=1S/C18H23N7S/c1-13-14(2)26-17(24-13)5-7-22-18(19-3)23-11-15-4-6-21-16(10-15)25-9-8-20-12-25/h4,6,8-10,12H,5,7,11H2,1-3H3,(H2,19,22,23). The zero-order valence-electron chi connectivity index (χ0n) is 15.2. The molecule has 0 aliphatic heterocycles. The molecule has 0 bridgehead atoms. The third kappa shape index (κ3) is 4.66. The fourth-order valence-electron chi connectivity index (χ4n) is 2.45. The smallest absolute Gasteiger partial charge is 0.191 e. The summed E-state index contributed by atoms with van der Waals surface area (Å²) in [6.45, 7) is 5.62. The van der Waals surface area contributed by atoms with Gasteiger partial charge in [0.15, 0.2) is 5.96 Å². The Morgan fingerprint density at radius 2 is 2.15 bits per heavy atom. The lowest BCUT2D eigenvalue weighted by atomic mass is 10.2. The Morgan fingerprint density at radius 3 is 2.85 bits per heavy atom. The predicted molar refractivity (Wildman–Crippen MR) is 105 cm³/mol. The van der Waals surface area contributed by atoms with Gasteiger partial charge in [-0.25, -0.2) is 15.0 Å². The van der Waals surface area contributed by atoms with Gasteiger partial charge in [0.1, 0.15) is 12.1 Å². The zero-order valence-corrected chi connectivity index (χ0v) is 16.0. The van der Waals surface area contributed by atoms with Crippen LogP contribution in [0.5, 0.6) is 0 Å². The minimum absolute atomic E-state index is 0.666. The average molecular weight is 369 g/mol. The van der Waals surface area contributed by atoms with Crippen LogP contribution in [-0.2, 0) is 13.0 Å². The molecule has 3 rings (SSSR count). The summed E-state index contributed by atoms with van der Waals surface area (Å²) in [6, 6.07) is 4.02. The van der Waals surface area contributed by atoms with Gasteiger partial charge in [0.05, 0.1) is 10.7 Å². The van der Waals surface area contributed by atoms with Crippen LogP contribution in [0.1, 0.15) is 21.1 Å². The highest BCUT2D eigenvalue weighted by molar-refractivity contribution is 7.11. The third-order valence-electron chi connectivity index (χ3n) is 3.97. The number of guanidine groups is 1. The van der Waals surface area contributed by atoms with Crippen molar-refractivity contribution < 1.29 is 0 Å². The molecule has 0 aliphatic rings. The first-order chi connectivity index (χ1) is 12.7. The summed E-state index contributed by atoms with van der Waals surface area (Å²) in [4.78, 5) is 18.5. The lowest BCUT2D eigenvalue weighted by Crippen LogP contribution is -2.37. The van der Waals surface area contributed by atoms with Gasteiger partial charge in [0, 0.05) is 50.0 Å². The van der Waals surface area contributed by atoms with Gasteiger partial charge in [-0.05, 0) is 31.5 Å². The van der Waals surface area contributed by atoms with E-state index in [4.69, 9.17) is 0 Å². The maximum atomic E-state index is 4.56. The Kier molecular flexibility index (Phi) is 5.96. The van der Waals surface area contributed by atoms with Crippen LogP contribution in [0.2, 0.25) is 0 Å². The monoisotopic (exact) mass is 369 g/mol. The van der Waals surface area contributed by atoms with E-state index in [1.807, 2.05) is 22.9 Å². The number of pyridine rings is 1. The van der Waals surface area contributed by atoms with Gasteiger partial charge >= 0.3 is 0 Å². The van der Waals surface area contributed by atoms with Gasteiger partial charge in [0.2, 0.25) is 0 Å². The number of hydrogen-bond donors (Lipinski definition) is 2. The van der Waals surface area contributed by atoms with Crippen molar-refractivity contribution in [2.45, 2.75) is 26.8 Å². The van der Waals surface area contributed by atoms with Gasteiger partial charge < -0.3 is 10.6 Å². The van der Waals surface area contributed by atoms with Crippen molar-refractivity contribution in [1.29, 1.82) is 0 Å². The normalized spacial score (nSPS) is 11.6. The van der Waals surface area contributed by atoms with Gasteiger partial charge in [-0.1, -0.05) is 0 Å². The van der Waals surface area contributed by atoms with Gasteiger partial charge in [-0.3, -0.25) is 9.56 Å². The van der Waals surface area contributed by atoms with E-state index in [1.165, 1.54) is 4.88 Å². The number of aromatic nitrogens is 4. The van der Waals surface area contributed by atoms with Crippen LogP contribution in [0, 0.1) is 13.8 Å². The largest absolute Gasteiger partial charge is 0.356 e. The lowest BCUT2D eigenvalue weighted by molar-refractivity contribution is 0.789. The minimum atomic E-state index is 0.666. The molecule has 26 heavy (non-hydrogen) atoms. The second kappa shape index (κ2) is 8.57. The highest BCUT2D eigenvalue weighted by atomic mass is 32.1. The van der Waals surface area contributed by atoms with Crippen molar-refractivity contribution in [3.05, 3.63) is 58.2 Å². The van der Waals surface area contributed by atoms with E-state index in [9.17, 15) is 0 Å². The molecule has 0 aliphatic carbocycles. The third-order valence-corrected chi connectivity index (χ3v) is 5.10. The molecule has 0 saturated carbocycles. The molecule has 0 aromatic carbocycles. The summed E-state index contributed by atoms with van der Waals surface area (Å²) in [5.74, 6) is 1.62. The van der Waals surface area contributed by atoms with E-state index in [2.05, 4.69) is 44.4 Å². The van der Waals surface area contributed by atoms with Crippen molar-refractivity contribution in [2.75, 3.05) is 13.6 Å². The molecule has 7 nitrogen and oxygen atoms in total. The molecular formula is C18H23N7S. The molecule has 0 unspecified atom stereocenters. The van der Waals surface area contributed by atoms with Crippen LogP contribution < -0.4 is 10.6 Å². The number of thiazole rings is 1. The van der Waals surface area contributed by atoms with E-state index >= 15 is 0 Å². The molecule has 0 atom stereocenters. The summed E-state index contributed by atoms with van der Waals surface area (Å²) in [5.41, 5.74) is 2.25. The van der Waals surface area contributed by atoms with Crippen molar-refractivity contribution in [2.24, 2.45) is 4.99 Å². The lowest BCUT2D eigenvalue weighted by Gasteiger charge is -2.12. The molecule has 8 heteroatoms. The predicted octanol–water partition coefficient (Wildman–Crippen LogP) is 2.25. The first-order valence-corrected chi connectivity index (χ1v) is 9.28. The van der Waals surface area contributed by atoms with Crippen LogP contribution in [-0.4, -0.2) is 39.1 Å². The topological polar surface area (TPSA) is 80.0 Å². The molecule has 0 saturated heterocycles. The average Bonchev–Trinajstić information content (AvgIpc) is 3.29. The zero-order chi connectivity index (χ0) is 18.4. The first kappa shape index (κ1) is 18.1. The van der Waals surface area contributed by atoms with Gasteiger partial charge in [0.25, 0.3) is 0 Å². The Labute approximate surface area is 157 Å². The molecule has 2 N–H and O–H groups in total. The highest BCUT2D eigenvalue weighted by Gasteiger charge is 2.05. The number of nitrogens with one attached hydrogen (secondary N) is 2. The SMILES string of the molecule is CN=C(NCCc1nc(C)c(C)s1)NCc1ccnc(-n2ccnc2)c1. The van der Waals surface area contributed by atoms with E-state index in [1.54, 1.807) is 37.1 Å². The number of aryl methyl sites for hydroxylation is 2. The van der Waals surface area contributed by atoms with E-state index < -0.39 is 0 Å². The van der Waals surface area contributed by atoms with Crippen LogP contribution in [0.4, 0.5) is 0 Å². The van der Waals surface area contributed by atoms with E-state index in [-0.39, 0.29) is 0 Å². The summed E-state index contributed by atoms with van der Waals surface area (Å²) in [6.07, 6.45) is 8.05. The molecule has 0 radical (unpaired) electrons. The quantitative estimate of drug-likeness (QED) is 0.515. The van der Waals surface area contributed by atoms with Crippen molar-refractivity contribution in [3.8, 4) is 5.82 Å². The molecule has 3 aromatic heterocycles. The van der Waals surface area contributed by atoms with Crippen LogP contribution in [0.15, 0.2) is 42.0 Å². The Bertz CT molecular complexity index is 848. The second-order valence-corrected chi connectivity index (χ2v) is 7.13. The van der Waals surface area contributed by atoms with Crippen molar-refractivity contribution in [3.63, 3.8) is 0 Å². The molecule has 136 valence electrons. The maximum absolute atomic E-state index is 4.56. The summed E-state index contributed by atoms with van der Waals surface area (Å²) < 4.78 is 1.88. The van der Waals surface area contributed by atoms with Gasteiger partial charge in [-0.15, -0.1) is 11.3 Å². The number of nitrogens with zero attached hydrogens (tertiary/aromatic N) is 5. The highest BCUT2D eigenvalue weighted by Crippen LogP contribution is 2.16. The molecular weight excluding hydrogens is 346 g/mol. The summed E-state index contributed by atoms with van der Waals surface area (Å²) >= 11 is 1.76. The first-order valence-electron chi connectivity index (χ1n) is 8.46. The molecule has 0 spiro atoms. The van der Waals surface area contributed by atoms with Crippen LogP contribution in [0.25, 0.3) is 5.82 Å². The molecule has 3 heterocycles. The van der Waals surface area contributed by atoms with Crippen LogP contribution >= 0.6 is 11.3 Å². The molecule has 0 amide bonds. The van der Waals surface area contributed by atoms with Crippen molar-refractivity contribution >= 4 is 17.3 Å². The number of imidazole rings is 1. The fourth-order valence-corrected chi connectivity index (χ4v) is 3.38. The Balaban J connectivity index is 1.50. The van der Waals surface area contributed by atoms with Crippen molar-refractivity contribution in [1.82, 2.24) is 30.2 Å². The Hall–Kier alpha value is -2.74. The minimum Gasteiger partial charge on any atom is -0.356 e. The molecule has 3 aromatic rings. The fraction of sp³-hybridized carbons (Fsp3) is 0.333. The number of hydrogen-bond acceptors (Lipinski definition) is 5. The summed E-state index contributed by atoms with van der Waals surface area (Å²) in [5, 5.41) is 7.82.